The van der Waals surface area contributed by atoms with Crippen molar-refractivity contribution in [1.29, 1.82) is 0 Å². The van der Waals surface area contributed by atoms with Gasteiger partial charge in [-0.3, -0.25) is 4.79 Å². The molecule has 0 fully saturated rings. The zero-order chi connectivity index (χ0) is 15.2. The van der Waals surface area contributed by atoms with Crippen LogP contribution >= 0.6 is 0 Å². The van der Waals surface area contributed by atoms with Crippen molar-refractivity contribution in [3.63, 3.8) is 0 Å². The molecule has 2 rings (SSSR count). The van der Waals surface area contributed by atoms with Gasteiger partial charge in [0.05, 0.1) is 19.6 Å². The van der Waals surface area contributed by atoms with Gasteiger partial charge < -0.3 is 9.47 Å². The van der Waals surface area contributed by atoms with E-state index in [2.05, 4.69) is 0 Å². The van der Waals surface area contributed by atoms with Crippen molar-refractivity contribution in [2.45, 2.75) is 19.8 Å². The Bertz CT molecular complexity index is 619. The molecule has 21 heavy (non-hydrogen) atoms. The first-order valence-electron chi connectivity index (χ1n) is 7.07. The fourth-order valence-electron chi connectivity index (χ4n) is 2.32. The highest BCUT2D eigenvalue weighted by Gasteiger charge is 2.19. The third-order valence-corrected chi connectivity index (χ3v) is 3.45. The van der Waals surface area contributed by atoms with E-state index in [0.717, 1.165) is 22.4 Å². The Balaban J connectivity index is 2.43. The van der Waals surface area contributed by atoms with E-state index in [4.69, 9.17) is 9.47 Å². The lowest BCUT2D eigenvalue weighted by molar-refractivity contribution is -0.144. The molecule has 0 aliphatic carbocycles. The van der Waals surface area contributed by atoms with E-state index in [-0.39, 0.29) is 11.9 Å². The Kier molecular flexibility index (Phi) is 4.99. The summed E-state index contributed by atoms with van der Waals surface area (Å²) in [5, 5.41) is 0. The van der Waals surface area contributed by atoms with Gasteiger partial charge in [0.2, 0.25) is 0 Å². The summed E-state index contributed by atoms with van der Waals surface area (Å²) in [5.41, 5.74) is 3.02. The Labute approximate surface area is 125 Å². The SMILES string of the molecule is CCOC(=O)C(C)c1ccccc1-c1cccc(OC)c1. The number of ether oxygens (including phenoxy) is 2. The van der Waals surface area contributed by atoms with Gasteiger partial charge in [0.15, 0.2) is 0 Å². The summed E-state index contributed by atoms with van der Waals surface area (Å²) in [5.74, 6) is 0.297. The molecule has 2 aromatic carbocycles. The van der Waals surface area contributed by atoms with E-state index in [1.165, 1.54) is 0 Å². The molecule has 0 aliphatic heterocycles. The number of methoxy groups -OCH3 is 1. The number of esters is 1. The predicted octanol–water partition coefficient (Wildman–Crippen LogP) is 4.03. The van der Waals surface area contributed by atoms with Crippen LogP contribution in [-0.2, 0) is 9.53 Å². The molecule has 0 radical (unpaired) electrons. The topological polar surface area (TPSA) is 35.5 Å². The predicted molar refractivity (Wildman–Crippen MR) is 83.5 cm³/mol. The monoisotopic (exact) mass is 284 g/mol. The molecule has 0 N–H and O–H groups in total. The highest BCUT2D eigenvalue weighted by atomic mass is 16.5. The number of carbonyl (C=O) groups is 1. The largest absolute Gasteiger partial charge is 0.497 e. The van der Waals surface area contributed by atoms with Gasteiger partial charge in [0, 0.05) is 0 Å². The standard InChI is InChI=1S/C18H20O3/c1-4-21-18(19)13(2)16-10-5-6-11-17(16)14-8-7-9-15(12-14)20-3/h5-13H,4H2,1-3H3. The van der Waals surface area contributed by atoms with Crippen LogP contribution in [0.3, 0.4) is 0 Å². The first-order chi connectivity index (χ1) is 10.2. The summed E-state index contributed by atoms with van der Waals surface area (Å²) in [4.78, 5) is 12.0. The molecule has 0 spiro atoms. The smallest absolute Gasteiger partial charge is 0.313 e. The molecule has 3 nitrogen and oxygen atoms in total. The summed E-state index contributed by atoms with van der Waals surface area (Å²) in [6.45, 7) is 4.08. The molecule has 1 atom stereocenters. The van der Waals surface area contributed by atoms with E-state index in [1.807, 2.05) is 62.4 Å². The van der Waals surface area contributed by atoms with Gasteiger partial charge in [-0.1, -0.05) is 36.4 Å². The molecular formula is C18H20O3. The number of hydrogen-bond acceptors (Lipinski definition) is 3. The van der Waals surface area contributed by atoms with Crippen LogP contribution in [0.1, 0.15) is 25.3 Å². The van der Waals surface area contributed by atoms with Crippen molar-refractivity contribution in [3.8, 4) is 16.9 Å². The molecule has 0 saturated carbocycles. The molecule has 1 unspecified atom stereocenters. The van der Waals surface area contributed by atoms with Crippen molar-refractivity contribution < 1.29 is 14.3 Å². The second-order valence-electron chi connectivity index (χ2n) is 4.79. The van der Waals surface area contributed by atoms with Gasteiger partial charge in [0.1, 0.15) is 5.75 Å². The maximum absolute atomic E-state index is 12.0. The van der Waals surface area contributed by atoms with Gasteiger partial charge in [-0.25, -0.2) is 0 Å². The quantitative estimate of drug-likeness (QED) is 0.778. The van der Waals surface area contributed by atoms with Crippen molar-refractivity contribution in [2.75, 3.05) is 13.7 Å². The Hall–Kier alpha value is -2.29. The fraction of sp³-hybridized carbons (Fsp3) is 0.278. The molecular weight excluding hydrogens is 264 g/mol. The molecule has 3 heteroatoms. The first kappa shape index (κ1) is 15.1. The summed E-state index contributed by atoms with van der Waals surface area (Å²) in [7, 11) is 1.65. The van der Waals surface area contributed by atoms with Gasteiger partial charge in [-0.15, -0.1) is 0 Å². The average molecular weight is 284 g/mol. The van der Waals surface area contributed by atoms with E-state index >= 15 is 0 Å². The second-order valence-corrected chi connectivity index (χ2v) is 4.79. The maximum Gasteiger partial charge on any atom is 0.313 e. The van der Waals surface area contributed by atoms with Crippen molar-refractivity contribution in [3.05, 3.63) is 54.1 Å². The van der Waals surface area contributed by atoms with E-state index in [1.54, 1.807) is 7.11 Å². The van der Waals surface area contributed by atoms with E-state index in [9.17, 15) is 4.79 Å². The molecule has 0 amide bonds. The van der Waals surface area contributed by atoms with Gasteiger partial charge in [-0.05, 0) is 42.7 Å². The molecule has 0 aromatic heterocycles. The van der Waals surface area contributed by atoms with Gasteiger partial charge in [0.25, 0.3) is 0 Å². The number of rotatable bonds is 5. The van der Waals surface area contributed by atoms with Gasteiger partial charge >= 0.3 is 5.97 Å². The lowest BCUT2D eigenvalue weighted by atomic mass is 9.91. The van der Waals surface area contributed by atoms with Crippen molar-refractivity contribution in [2.24, 2.45) is 0 Å². The highest BCUT2D eigenvalue weighted by Crippen LogP contribution is 2.31. The van der Waals surface area contributed by atoms with Crippen molar-refractivity contribution in [1.82, 2.24) is 0 Å². The zero-order valence-corrected chi connectivity index (χ0v) is 12.6. The number of carbonyl (C=O) groups excluding carboxylic acids is 1. The van der Waals surface area contributed by atoms with Crippen LogP contribution < -0.4 is 4.74 Å². The third-order valence-electron chi connectivity index (χ3n) is 3.45. The molecule has 0 aliphatic rings. The molecule has 2 aromatic rings. The van der Waals surface area contributed by atoms with Crippen LogP contribution in [-0.4, -0.2) is 19.7 Å². The lowest BCUT2D eigenvalue weighted by Crippen LogP contribution is -2.13. The summed E-state index contributed by atoms with van der Waals surface area (Å²) >= 11 is 0. The van der Waals surface area contributed by atoms with Crippen LogP contribution in [0.15, 0.2) is 48.5 Å². The Morgan fingerprint density at radius 1 is 1.14 bits per heavy atom. The fourth-order valence-corrected chi connectivity index (χ4v) is 2.32. The summed E-state index contributed by atoms with van der Waals surface area (Å²) in [6.07, 6.45) is 0. The first-order valence-corrected chi connectivity index (χ1v) is 7.07. The molecule has 0 bridgehead atoms. The van der Waals surface area contributed by atoms with Crippen LogP contribution in [0.2, 0.25) is 0 Å². The van der Waals surface area contributed by atoms with Crippen LogP contribution in [0.5, 0.6) is 5.75 Å². The zero-order valence-electron chi connectivity index (χ0n) is 12.6. The minimum Gasteiger partial charge on any atom is -0.497 e. The van der Waals surface area contributed by atoms with Crippen LogP contribution in [0.4, 0.5) is 0 Å². The Morgan fingerprint density at radius 2 is 1.90 bits per heavy atom. The second kappa shape index (κ2) is 6.93. The summed E-state index contributed by atoms with van der Waals surface area (Å²) in [6, 6.07) is 15.7. The number of benzene rings is 2. The lowest BCUT2D eigenvalue weighted by Gasteiger charge is -2.16. The molecule has 0 saturated heterocycles. The third kappa shape index (κ3) is 3.43. The number of hydrogen-bond donors (Lipinski definition) is 0. The van der Waals surface area contributed by atoms with E-state index < -0.39 is 0 Å². The molecule has 0 heterocycles. The Morgan fingerprint density at radius 3 is 2.62 bits per heavy atom. The van der Waals surface area contributed by atoms with Crippen LogP contribution in [0, 0.1) is 0 Å². The normalized spacial score (nSPS) is 11.8. The maximum atomic E-state index is 12.0. The minimum atomic E-state index is -0.299. The summed E-state index contributed by atoms with van der Waals surface area (Å²) < 4.78 is 10.4. The van der Waals surface area contributed by atoms with E-state index in [0.29, 0.717) is 6.61 Å². The van der Waals surface area contributed by atoms with Crippen LogP contribution in [0.25, 0.3) is 11.1 Å². The minimum absolute atomic E-state index is 0.201. The molecule has 110 valence electrons. The highest BCUT2D eigenvalue weighted by molar-refractivity contribution is 5.82. The van der Waals surface area contributed by atoms with Crippen molar-refractivity contribution >= 4 is 5.97 Å². The average Bonchev–Trinajstić information content (AvgIpc) is 2.54. The van der Waals surface area contributed by atoms with Gasteiger partial charge in [-0.2, -0.15) is 0 Å².